The lowest BCUT2D eigenvalue weighted by atomic mass is 9.88. The molecule has 3 aliphatic heterocycles. The molecule has 4 fully saturated rings. The van der Waals surface area contributed by atoms with Gasteiger partial charge < -0.3 is 20.2 Å². The molecule has 6 heterocycles. The predicted octanol–water partition coefficient (Wildman–Crippen LogP) is 4.99. The molecule has 1 aliphatic carbocycles. The van der Waals surface area contributed by atoms with Gasteiger partial charge in [0.15, 0.2) is 0 Å². The number of nitrogens with one attached hydrogen (secondary N) is 2. The van der Waals surface area contributed by atoms with E-state index in [9.17, 15) is 29.5 Å². The number of hydrogen-bond acceptors (Lipinski definition) is 10. The molecule has 4 aliphatic rings. The molecule has 15 nitrogen and oxygen atoms in total. The number of anilines is 2. The fourth-order valence-corrected chi connectivity index (χ4v) is 9.83. The third-order valence-electron chi connectivity index (χ3n) is 13.2. The van der Waals surface area contributed by atoms with Crippen molar-refractivity contribution in [1.29, 1.82) is 5.26 Å². The van der Waals surface area contributed by atoms with Gasteiger partial charge in [-0.3, -0.25) is 34.1 Å². The van der Waals surface area contributed by atoms with Crippen molar-refractivity contribution in [3.63, 3.8) is 0 Å². The third kappa shape index (κ3) is 7.66. The highest BCUT2D eigenvalue weighted by atomic mass is 19.1. The fourth-order valence-electron chi connectivity index (χ4n) is 9.83. The van der Waals surface area contributed by atoms with Crippen molar-refractivity contribution in [2.45, 2.75) is 88.9 Å². The lowest BCUT2D eigenvalue weighted by molar-refractivity contribution is -0.140. The summed E-state index contributed by atoms with van der Waals surface area (Å²) in [5.41, 5.74) is 1.71. The number of nitrogens with zero attached hydrogens (tertiary/aromatic N) is 8. The zero-order chi connectivity index (χ0) is 43.6. The summed E-state index contributed by atoms with van der Waals surface area (Å²) >= 11 is 0. The molecular weight excluding hydrogens is 799 g/mol. The number of imide groups is 1. The molecule has 3 saturated heterocycles. The van der Waals surface area contributed by atoms with Crippen LogP contribution in [0.1, 0.15) is 98.4 Å². The van der Waals surface area contributed by atoms with Crippen molar-refractivity contribution in [3.05, 3.63) is 88.9 Å². The van der Waals surface area contributed by atoms with Gasteiger partial charge in [0, 0.05) is 85.3 Å². The van der Waals surface area contributed by atoms with Crippen molar-refractivity contribution >= 4 is 51.4 Å². The average Bonchev–Trinajstić information content (AvgIpc) is 3.84. The second kappa shape index (κ2) is 15.9. The molecule has 0 unspecified atom stereocenters. The zero-order valence-electron chi connectivity index (χ0n) is 34.8. The number of aromatic nitrogens is 4. The fraction of sp³-hybridized carbons (Fsp3) is 0.444. The van der Waals surface area contributed by atoms with Gasteiger partial charge in [-0.1, -0.05) is 0 Å². The molecule has 3 N–H and O–H groups in total. The van der Waals surface area contributed by atoms with E-state index in [2.05, 4.69) is 33.6 Å². The minimum Gasteiger partial charge on any atom is -0.386 e. The maximum absolute atomic E-state index is 15.2. The van der Waals surface area contributed by atoms with Crippen LogP contribution in [0.2, 0.25) is 0 Å². The summed E-state index contributed by atoms with van der Waals surface area (Å²) in [6.07, 6.45) is 7.25. The van der Waals surface area contributed by atoms with Gasteiger partial charge in [0.25, 0.3) is 5.91 Å². The molecule has 322 valence electrons. The van der Waals surface area contributed by atoms with Crippen LogP contribution in [0.25, 0.3) is 16.4 Å². The topological polar surface area (TPSA) is 181 Å². The van der Waals surface area contributed by atoms with Crippen molar-refractivity contribution < 1.29 is 33.1 Å². The highest BCUT2D eigenvalue weighted by molar-refractivity contribution is 6.05. The summed E-state index contributed by atoms with van der Waals surface area (Å²) in [5.74, 6) is -4.53. The van der Waals surface area contributed by atoms with Crippen LogP contribution in [0.3, 0.4) is 0 Å². The van der Waals surface area contributed by atoms with Gasteiger partial charge in [0.1, 0.15) is 23.4 Å². The van der Waals surface area contributed by atoms with Gasteiger partial charge in [-0.15, -0.1) is 0 Å². The third-order valence-corrected chi connectivity index (χ3v) is 13.2. The van der Waals surface area contributed by atoms with Crippen molar-refractivity contribution in [2.75, 3.05) is 42.9 Å². The lowest BCUT2D eigenvalue weighted by Crippen LogP contribution is -2.61. The second-order valence-corrected chi connectivity index (χ2v) is 17.8. The van der Waals surface area contributed by atoms with E-state index in [4.69, 9.17) is 5.10 Å². The van der Waals surface area contributed by atoms with E-state index in [0.717, 1.165) is 37.6 Å². The highest BCUT2D eigenvalue weighted by Gasteiger charge is 2.41. The Kier molecular flexibility index (Phi) is 10.5. The van der Waals surface area contributed by atoms with Crippen LogP contribution in [-0.2, 0) is 20.0 Å². The number of fused-ring (bicyclic) bond motifs is 2. The smallest absolute Gasteiger partial charge is 0.274 e. The molecule has 0 radical (unpaired) electrons. The maximum atomic E-state index is 15.2. The van der Waals surface area contributed by atoms with Crippen LogP contribution >= 0.6 is 0 Å². The molecule has 17 heteroatoms. The number of halogens is 2. The van der Waals surface area contributed by atoms with Crippen molar-refractivity contribution in [2.24, 2.45) is 5.92 Å². The minimum atomic E-state index is -1.28. The van der Waals surface area contributed by atoms with E-state index in [-0.39, 0.29) is 48.0 Å². The Morgan fingerprint density at radius 1 is 0.968 bits per heavy atom. The molecule has 2 aromatic carbocycles. The first-order chi connectivity index (χ1) is 29.6. The molecule has 4 amide bonds. The summed E-state index contributed by atoms with van der Waals surface area (Å²) < 4.78 is 33.8. The minimum absolute atomic E-state index is 0.0200. The Labute approximate surface area is 356 Å². The Hall–Kier alpha value is -6.25. The SMILES string of the molecule is C[C@@H]1CN(C(=O)C2CN(c3cc(F)c([C@H]4CCC(=O)NC4=O)c(F)c3)C2)CCN1C1CCC(n2cc3cc(NC(=O)c4ccc5cc(C#N)cnn45)c(C(C)(C)O)cc3n2)CC1. The van der Waals surface area contributed by atoms with Crippen LogP contribution in [0, 0.1) is 28.9 Å². The Morgan fingerprint density at radius 2 is 1.69 bits per heavy atom. The highest BCUT2D eigenvalue weighted by Crippen LogP contribution is 2.38. The molecular formula is C45H48F2N10O5. The molecule has 0 spiro atoms. The van der Waals surface area contributed by atoms with E-state index in [1.54, 1.807) is 36.9 Å². The molecule has 1 saturated carbocycles. The molecule has 3 aromatic heterocycles. The number of benzene rings is 2. The number of aliphatic hydroxyl groups is 1. The number of carbonyl (C=O) groups excluding carboxylic acids is 4. The van der Waals surface area contributed by atoms with Crippen molar-refractivity contribution in [3.8, 4) is 6.07 Å². The number of rotatable bonds is 8. The van der Waals surface area contributed by atoms with E-state index in [1.807, 2.05) is 27.9 Å². The van der Waals surface area contributed by atoms with Crippen LogP contribution in [0.5, 0.6) is 0 Å². The van der Waals surface area contributed by atoms with Crippen LogP contribution < -0.4 is 15.5 Å². The van der Waals surface area contributed by atoms with Gasteiger partial charge in [-0.25, -0.2) is 13.3 Å². The predicted molar refractivity (Wildman–Crippen MR) is 224 cm³/mol. The Bertz CT molecular complexity index is 2650. The molecule has 2 atom stereocenters. The zero-order valence-corrected chi connectivity index (χ0v) is 34.8. The quantitative estimate of drug-likeness (QED) is 0.180. The maximum Gasteiger partial charge on any atom is 0.274 e. The van der Waals surface area contributed by atoms with Crippen LogP contribution in [0.15, 0.2) is 54.9 Å². The van der Waals surface area contributed by atoms with Gasteiger partial charge in [-0.05, 0) is 95.3 Å². The summed E-state index contributed by atoms with van der Waals surface area (Å²) in [5, 5.41) is 35.5. The normalized spacial score (nSPS) is 22.7. The van der Waals surface area contributed by atoms with Gasteiger partial charge in [0.05, 0.1) is 46.3 Å². The largest absolute Gasteiger partial charge is 0.386 e. The first-order valence-electron chi connectivity index (χ1n) is 21.2. The Balaban J connectivity index is 0.792. The molecule has 9 rings (SSSR count). The molecule has 5 aromatic rings. The second-order valence-electron chi connectivity index (χ2n) is 17.8. The lowest BCUT2D eigenvalue weighted by Gasteiger charge is -2.48. The number of nitriles is 1. The first kappa shape index (κ1) is 41.1. The number of piperazine rings is 1. The van der Waals surface area contributed by atoms with Crippen LogP contribution in [0.4, 0.5) is 20.2 Å². The van der Waals surface area contributed by atoms with E-state index < -0.39 is 40.9 Å². The number of carbonyl (C=O) groups is 4. The van der Waals surface area contributed by atoms with Crippen molar-refractivity contribution in [1.82, 2.24) is 34.5 Å². The summed E-state index contributed by atoms with van der Waals surface area (Å²) in [6.45, 7) is 8.15. The van der Waals surface area contributed by atoms with Crippen LogP contribution in [-0.4, -0.2) is 103 Å². The monoisotopic (exact) mass is 846 g/mol. The summed E-state index contributed by atoms with van der Waals surface area (Å²) in [6, 6.07) is 13.9. The average molecular weight is 847 g/mol. The van der Waals surface area contributed by atoms with E-state index in [0.29, 0.717) is 65.8 Å². The van der Waals surface area contributed by atoms with Gasteiger partial charge in [-0.2, -0.15) is 15.5 Å². The summed E-state index contributed by atoms with van der Waals surface area (Å²) in [4.78, 5) is 57.1. The number of amides is 4. The standard InChI is InChI=1S/C45H48F2N10O5/c1-25-21-53(44(61)28-22-54(23-28)32-16-35(46)41(36(47)17-32)33-9-11-40(58)51-42(33)59)12-13-55(25)29-4-6-30(7-5-29)56-24-27-15-38(34(45(2,3)62)18-37(27)52-56)50-43(60)39-10-8-31-14-26(19-48)20-49-57(31)39/h8,10,14-18,20,24-25,28-30,33,62H,4-7,9,11-13,21-23H2,1-3H3,(H,50,60)(H,51,58,59)/t25-,29?,30?,33-/m1/s1. The summed E-state index contributed by atoms with van der Waals surface area (Å²) in [7, 11) is 0. The van der Waals surface area contributed by atoms with E-state index in [1.165, 1.54) is 22.8 Å². The molecule has 0 bridgehead atoms. The first-order valence-corrected chi connectivity index (χ1v) is 21.2. The molecule has 62 heavy (non-hydrogen) atoms. The van der Waals surface area contributed by atoms with Gasteiger partial charge >= 0.3 is 0 Å². The Morgan fingerprint density at radius 3 is 2.37 bits per heavy atom. The van der Waals surface area contributed by atoms with E-state index >= 15 is 8.78 Å². The van der Waals surface area contributed by atoms with Gasteiger partial charge in [0.2, 0.25) is 17.7 Å². The number of piperidine rings is 1. The number of hydrogen-bond donors (Lipinski definition) is 3.